The summed E-state index contributed by atoms with van der Waals surface area (Å²) in [6.07, 6.45) is 4.51. The lowest BCUT2D eigenvalue weighted by molar-refractivity contribution is -0.128. The molecule has 0 spiro atoms. The molecule has 0 unspecified atom stereocenters. The summed E-state index contributed by atoms with van der Waals surface area (Å²) in [6.45, 7) is 3.04. The first kappa shape index (κ1) is 23.9. The maximum absolute atomic E-state index is 12.9. The molecule has 0 bridgehead atoms. The highest BCUT2D eigenvalue weighted by atomic mass is 32.2. The van der Waals surface area contributed by atoms with E-state index in [0.29, 0.717) is 24.4 Å². The van der Waals surface area contributed by atoms with Crippen LogP contribution < -0.4 is 5.32 Å². The Bertz CT molecular complexity index is 1350. The van der Waals surface area contributed by atoms with Crippen LogP contribution in [0.5, 0.6) is 0 Å². The average molecular weight is 497 g/mol. The number of rotatable bonds is 8. The van der Waals surface area contributed by atoms with Gasteiger partial charge in [-0.05, 0) is 48.2 Å². The molecule has 1 N–H and O–H groups in total. The van der Waals surface area contributed by atoms with E-state index in [9.17, 15) is 9.59 Å². The van der Waals surface area contributed by atoms with Crippen LogP contribution in [0.4, 0.5) is 0 Å². The van der Waals surface area contributed by atoms with Crippen LogP contribution in [-0.2, 0) is 17.8 Å². The van der Waals surface area contributed by atoms with E-state index in [-0.39, 0.29) is 17.2 Å². The monoisotopic (exact) mass is 496 g/mol. The van der Waals surface area contributed by atoms with E-state index in [0.717, 1.165) is 29.1 Å². The summed E-state index contributed by atoms with van der Waals surface area (Å²) in [4.78, 5) is 31.7. The Morgan fingerprint density at radius 3 is 2.53 bits per heavy atom. The molecule has 7 heteroatoms. The maximum Gasteiger partial charge on any atom is 0.251 e. The molecular formula is C29H28N4O2S. The minimum atomic E-state index is -0.130. The fraction of sp³-hybridized carbons (Fsp3) is 0.207. The highest BCUT2D eigenvalue weighted by Crippen LogP contribution is 2.38. The number of hydrogen-bond donors (Lipinski definition) is 1. The normalized spacial score (nSPS) is 15.3. The third-order valence-electron chi connectivity index (χ3n) is 6.43. The highest BCUT2D eigenvalue weighted by molar-refractivity contribution is 8.00. The molecule has 2 heterocycles. The number of aromatic nitrogens is 2. The molecule has 4 aromatic rings. The molecular weight excluding hydrogens is 468 g/mol. The van der Waals surface area contributed by atoms with Crippen molar-refractivity contribution in [2.75, 3.05) is 12.3 Å². The van der Waals surface area contributed by atoms with Gasteiger partial charge in [0.15, 0.2) is 0 Å². The van der Waals surface area contributed by atoms with Gasteiger partial charge in [0.05, 0.1) is 11.4 Å². The lowest BCUT2D eigenvalue weighted by Gasteiger charge is -2.24. The summed E-state index contributed by atoms with van der Waals surface area (Å²) in [5, 5.41) is 3.01. The predicted molar refractivity (Wildman–Crippen MR) is 143 cm³/mol. The second kappa shape index (κ2) is 10.8. The molecule has 0 aliphatic carbocycles. The number of aryl methyl sites for hydroxylation is 1. The number of para-hydroxylation sites is 1. The number of nitrogens with one attached hydrogen (secondary N) is 1. The molecule has 1 aromatic heterocycles. The van der Waals surface area contributed by atoms with Gasteiger partial charge >= 0.3 is 0 Å². The number of nitrogens with zero attached hydrogens (tertiary/aromatic N) is 3. The fourth-order valence-corrected chi connectivity index (χ4v) is 5.69. The van der Waals surface area contributed by atoms with E-state index >= 15 is 0 Å². The second-order valence-electron chi connectivity index (χ2n) is 8.76. The van der Waals surface area contributed by atoms with Gasteiger partial charge in [-0.15, -0.1) is 11.8 Å². The van der Waals surface area contributed by atoms with Gasteiger partial charge in [0.2, 0.25) is 5.91 Å². The predicted octanol–water partition coefficient (Wildman–Crippen LogP) is 4.93. The average Bonchev–Trinajstić information content (AvgIpc) is 3.51. The van der Waals surface area contributed by atoms with Gasteiger partial charge in [-0.25, -0.2) is 4.98 Å². The number of thioether (sulfide) groups is 1. The first-order chi connectivity index (χ1) is 17.6. The molecule has 3 aromatic carbocycles. The molecule has 36 heavy (non-hydrogen) atoms. The van der Waals surface area contributed by atoms with Gasteiger partial charge in [-0.3, -0.25) is 9.59 Å². The Hall–Kier alpha value is -3.84. The molecule has 2 amide bonds. The third kappa shape index (κ3) is 5.21. The van der Waals surface area contributed by atoms with E-state index in [1.165, 1.54) is 5.56 Å². The van der Waals surface area contributed by atoms with Crippen LogP contribution in [-0.4, -0.2) is 38.6 Å². The van der Waals surface area contributed by atoms with Crippen molar-refractivity contribution in [2.45, 2.75) is 25.3 Å². The standard InChI is InChI=1S/C29H28N4O2S/c1-21-30-16-18-32(21)26-10-6-5-9-25(26)19-31-28(35)23-11-13-24(14-12-23)29-33(27(34)20-36-29)17-15-22-7-3-2-4-8-22/h2-14,16,18,29H,15,17,19-20H2,1H3,(H,31,35)/t29-/m1/s1. The van der Waals surface area contributed by atoms with Crippen LogP contribution in [0.2, 0.25) is 0 Å². The summed E-state index contributed by atoms with van der Waals surface area (Å²) in [6, 6.07) is 25.8. The Labute approximate surface area is 215 Å². The van der Waals surface area contributed by atoms with Gasteiger partial charge in [-0.1, -0.05) is 60.7 Å². The quantitative estimate of drug-likeness (QED) is 0.376. The Morgan fingerprint density at radius 1 is 1.03 bits per heavy atom. The number of benzene rings is 3. The van der Waals surface area contributed by atoms with Crippen LogP contribution in [0.25, 0.3) is 5.69 Å². The van der Waals surface area contributed by atoms with Crippen molar-refractivity contribution in [2.24, 2.45) is 0 Å². The van der Waals surface area contributed by atoms with Crippen LogP contribution in [0.15, 0.2) is 91.3 Å². The summed E-state index contributed by atoms with van der Waals surface area (Å²) in [7, 11) is 0. The van der Waals surface area contributed by atoms with E-state index < -0.39 is 0 Å². The van der Waals surface area contributed by atoms with Crippen molar-refractivity contribution < 1.29 is 9.59 Å². The van der Waals surface area contributed by atoms with Gasteiger partial charge in [0.25, 0.3) is 5.91 Å². The smallest absolute Gasteiger partial charge is 0.251 e. The summed E-state index contributed by atoms with van der Waals surface area (Å²) < 4.78 is 2.01. The lowest BCUT2D eigenvalue weighted by Crippen LogP contribution is -2.30. The first-order valence-electron chi connectivity index (χ1n) is 12.0. The number of carbonyl (C=O) groups is 2. The van der Waals surface area contributed by atoms with Crippen LogP contribution >= 0.6 is 11.8 Å². The van der Waals surface area contributed by atoms with Crippen molar-refractivity contribution in [3.05, 3.63) is 119 Å². The molecule has 6 nitrogen and oxygen atoms in total. The van der Waals surface area contributed by atoms with Crippen molar-refractivity contribution in [1.82, 2.24) is 19.8 Å². The Kier molecular flexibility index (Phi) is 7.18. The molecule has 5 rings (SSSR count). The van der Waals surface area contributed by atoms with Gasteiger partial charge in [-0.2, -0.15) is 0 Å². The number of amides is 2. The molecule has 1 aliphatic heterocycles. The van der Waals surface area contributed by atoms with Gasteiger partial charge in [0.1, 0.15) is 11.2 Å². The number of carbonyl (C=O) groups excluding carboxylic acids is 2. The fourth-order valence-electron chi connectivity index (χ4n) is 4.47. The SMILES string of the molecule is Cc1nccn1-c1ccccc1CNC(=O)c1ccc([C@H]2SCC(=O)N2CCc2ccccc2)cc1. The van der Waals surface area contributed by atoms with Crippen molar-refractivity contribution in [1.29, 1.82) is 0 Å². The Morgan fingerprint density at radius 2 is 1.78 bits per heavy atom. The maximum atomic E-state index is 12.9. The third-order valence-corrected chi connectivity index (χ3v) is 7.68. The van der Waals surface area contributed by atoms with Crippen LogP contribution in [0.3, 0.4) is 0 Å². The zero-order chi connectivity index (χ0) is 24.9. The van der Waals surface area contributed by atoms with Crippen LogP contribution in [0.1, 0.15) is 38.2 Å². The molecule has 1 saturated heterocycles. The van der Waals surface area contributed by atoms with Crippen molar-refractivity contribution in [3.8, 4) is 5.69 Å². The lowest BCUT2D eigenvalue weighted by atomic mass is 10.1. The zero-order valence-electron chi connectivity index (χ0n) is 20.1. The topological polar surface area (TPSA) is 67.2 Å². The van der Waals surface area contributed by atoms with Gasteiger partial charge in [0, 0.05) is 31.0 Å². The van der Waals surface area contributed by atoms with E-state index in [1.807, 2.05) is 89.3 Å². The number of imidazole rings is 1. The van der Waals surface area contributed by atoms with Gasteiger partial charge < -0.3 is 14.8 Å². The zero-order valence-corrected chi connectivity index (χ0v) is 20.9. The first-order valence-corrected chi connectivity index (χ1v) is 13.1. The van der Waals surface area contributed by atoms with Crippen molar-refractivity contribution in [3.63, 3.8) is 0 Å². The molecule has 182 valence electrons. The Balaban J connectivity index is 1.23. The summed E-state index contributed by atoms with van der Waals surface area (Å²) in [5.41, 5.74) is 4.87. The van der Waals surface area contributed by atoms with E-state index in [2.05, 4.69) is 22.4 Å². The number of hydrogen-bond acceptors (Lipinski definition) is 4. The van der Waals surface area contributed by atoms with Crippen LogP contribution in [0, 0.1) is 6.92 Å². The molecule has 0 saturated carbocycles. The molecule has 1 atom stereocenters. The van der Waals surface area contributed by atoms with E-state index in [1.54, 1.807) is 18.0 Å². The largest absolute Gasteiger partial charge is 0.348 e. The second-order valence-corrected chi connectivity index (χ2v) is 9.83. The summed E-state index contributed by atoms with van der Waals surface area (Å²) >= 11 is 1.64. The molecule has 1 fully saturated rings. The molecule has 0 radical (unpaired) electrons. The highest BCUT2D eigenvalue weighted by Gasteiger charge is 2.32. The summed E-state index contributed by atoms with van der Waals surface area (Å²) in [5.74, 6) is 1.41. The minimum absolute atomic E-state index is 0.0244. The molecule has 1 aliphatic rings. The van der Waals surface area contributed by atoms with Crippen molar-refractivity contribution >= 4 is 23.6 Å². The van der Waals surface area contributed by atoms with E-state index in [4.69, 9.17) is 0 Å². The minimum Gasteiger partial charge on any atom is -0.348 e.